The fraction of sp³-hybridized carbons (Fsp3) is 0.500. The van der Waals surface area contributed by atoms with Crippen molar-refractivity contribution in [2.45, 2.75) is 6.54 Å². The number of benzene rings is 1. The second-order valence-electron chi connectivity index (χ2n) is 4.99. The molecule has 0 saturated carbocycles. The molecular weight excluding hydrogens is 297 g/mol. The van der Waals surface area contributed by atoms with Crippen molar-refractivity contribution in [3.05, 3.63) is 33.8 Å². The molecule has 0 aromatic heterocycles. The van der Waals surface area contributed by atoms with Crippen LogP contribution >= 0.6 is 23.2 Å². The average molecular weight is 316 g/mol. The molecule has 0 spiro atoms. The molecule has 0 unspecified atom stereocenters. The molecule has 6 heteroatoms. The van der Waals surface area contributed by atoms with Gasteiger partial charge in [0.15, 0.2) is 0 Å². The van der Waals surface area contributed by atoms with Crippen LogP contribution < -0.4 is 5.32 Å². The molecule has 1 amide bonds. The van der Waals surface area contributed by atoms with Crippen LogP contribution in [-0.4, -0.2) is 55.5 Å². The van der Waals surface area contributed by atoms with E-state index < -0.39 is 0 Å². The number of carbonyl (C=O) groups excluding carboxylic acids is 1. The smallest absolute Gasteiger partial charge is 0.236 e. The number of likely N-dealkylation sites (N-methyl/N-ethyl adjacent to an activating group) is 1. The number of nitrogens with zero attached hydrogens (tertiary/aromatic N) is 2. The summed E-state index contributed by atoms with van der Waals surface area (Å²) in [5, 5.41) is 4.32. The van der Waals surface area contributed by atoms with Gasteiger partial charge in [-0.15, -0.1) is 0 Å². The molecule has 1 aromatic carbocycles. The van der Waals surface area contributed by atoms with Gasteiger partial charge in [0, 0.05) is 39.8 Å². The van der Waals surface area contributed by atoms with E-state index in [1.165, 1.54) is 0 Å². The lowest BCUT2D eigenvalue weighted by molar-refractivity contribution is -0.131. The quantitative estimate of drug-likeness (QED) is 0.921. The Labute approximate surface area is 129 Å². The highest BCUT2D eigenvalue weighted by molar-refractivity contribution is 6.42. The Morgan fingerprint density at radius 2 is 2.05 bits per heavy atom. The van der Waals surface area contributed by atoms with Gasteiger partial charge in [-0.25, -0.2) is 0 Å². The second-order valence-corrected chi connectivity index (χ2v) is 5.77. The van der Waals surface area contributed by atoms with Crippen LogP contribution in [-0.2, 0) is 11.3 Å². The van der Waals surface area contributed by atoms with Gasteiger partial charge in [0.2, 0.25) is 5.91 Å². The molecule has 20 heavy (non-hydrogen) atoms. The van der Waals surface area contributed by atoms with Gasteiger partial charge in [-0.3, -0.25) is 9.69 Å². The number of nitrogens with one attached hydrogen (secondary N) is 1. The van der Waals surface area contributed by atoms with Crippen LogP contribution in [0.15, 0.2) is 18.2 Å². The first-order chi connectivity index (χ1) is 9.58. The standard InChI is InChI=1S/C14H19Cl2N3O/c1-18(9-11-3-2-4-12(15)14(11)16)13(20)10-19-7-5-17-6-8-19/h2-4,17H,5-10H2,1H3. The van der Waals surface area contributed by atoms with Crippen LogP contribution in [0.3, 0.4) is 0 Å². The van der Waals surface area contributed by atoms with E-state index in [2.05, 4.69) is 10.2 Å². The third kappa shape index (κ3) is 4.09. The van der Waals surface area contributed by atoms with Crippen LogP contribution in [0.5, 0.6) is 0 Å². The maximum atomic E-state index is 12.2. The lowest BCUT2D eigenvalue weighted by Gasteiger charge is -2.28. The zero-order valence-corrected chi connectivity index (χ0v) is 13.0. The molecule has 1 heterocycles. The molecule has 0 radical (unpaired) electrons. The molecule has 4 nitrogen and oxygen atoms in total. The molecule has 1 saturated heterocycles. The van der Waals surface area contributed by atoms with Gasteiger partial charge < -0.3 is 10.2 Å². The molecule has 110 valence electrons. The van der Waals surface area contributed by atoms with Crippen LogP contribution in [0.25, 0.3) is 0 Å². The van der Waals surface area contributed by atoms with E-state index in [1.54, 1.807) is 18.0 Å². The van der Waals surface area contributed by atoms with Gasteiger partial charge in [0.25, 0.3) is 0 Å². The number of halogens is 2. The summed E-state index contributed by atoms with van der Waals surface area (Å²) in [6.07, 6.45) is 0. The lowest BCUT2D eigenvalue weighted by atomic mass is 10.2. The Morgan fingerprint density at radius 3 is 2.75 bits per heavy atom. The van der Waals surface area contributed by atoms with E-state index in [1.807, 2.05) is 12.1 Å². The average Bonchev–Trinajstić information content (AvgIpc) is 2.45. The van der Waals surface area contributed by atoms with Crippen LogP contribution in [0.4, 0.5) is 0 Å². The van der Waals surface area contributed by atoms with Gasteiger partial charge in [-0.2, -0.15) is 0 Å². The fourth-order valence-corrected chi connectivity index (χ4v) is 2.58. The number of carbonyl (C=O) groups is 1. The molecule has 1 aromatic rings. The lowest BCUT2D eigenvalue weighted by Crippen LogP contribution is -2.47. The minimum absolute atomic E-state index is 0.0999. The maximum absolute atomic E-state index is 12.2. The summed E-state index contributed by atoms with van der Waals surface area (Å²) in [6.45, 7) is 4.64. The third-order valence-electron chi connectivity index (χ3n) is 3.43. The highest BCUT2D eigenvalue weighted by atomic mass is 35.5. The zero-order valence-electron chi connectivity index (χ0n) is 11.5. The number of rotatable bonds is 4. The summed E-state index contributed by atoms with van der Waals surface area (Å²) in [6, 6.07) is 5.48. The van der Waals surface area contributed by atoms with Crippen molar-refractivity contribution in [3.8, 4) is 0 Å². The molecule has 0 aliphatic carbocycles. The topological polar surface area (TPSA) is 35.6 Å². The first kappa shape index (κ1) is 15.6. The highest BCUT2D eigenvalue weighted by Gasteiger charge is 2.17. The monoisotopic (exact) mass is 315 g/mol. The summed E-state index contributed by atoms with van der Waals surface area (Å²) in [4.78, 5) is 16.1. The molecule has 1 aliphatic rings. The minimum Gasteiger partial charge on any atom is -0.340 e. The Balaban J connectivity index is 1.91. The van der Waals surface area contributed by atoms with Crippen LogP contribution in [0.2, 0.25) is 10.0 Å². The molecule has 1 aliphatic heterocycles. The first-order valence-corrected chi connectivity index (χ1v) is 7.43. The summed E-state index contributed by atoms with van der Waals surface area (Å²) in [5.41, 5.74) is 0.871. The van der Waals surface area contributed by atoms with Crippen molar-refractivity contribution in [1.29, 1.82) is 0 Å². The summed E-state index contributed by atoms with van der Waals surface area (Å²) >= 11 is 12.1. The molecule has 0 atom stereocenters. The van der Waals surface area contributed by atoms with Gasteiger partial charge in [-0.05, 0) is 11.6 Å². The SMILES string of the molecule is CN(Cc1cccc(Cl)c1Cl)C(=O)CN1CCNCC1. The van der Waals surface area contributed by atoms with E-state index in [0.29, 0.717) is 23.1 Å². The predicted molar refractivity (Wildman–Crippen MR) is 82.2 cm³/mol. The number of hydrogen-bond donors (Lipinski definition) is 1. The second kappa shape index (κ2) is 7.27. The fourth-order valence-electron chi connectivity index (χ4n) is 2.20. The molecule has 1 N–H and O–H groups in total. The van der Waals surface area contributed by atoms with E-state index >= 15 is 0 Å². The summed E-state index contributed by atoms with van der Waals surface area (Å²) in [5.74, 6) is 0.0999. The van der Waals surface area contributed by atoms with E-state index in [9.17, 15) is 4.79 Å². The van der Waals surface area contributed by atoms with Gasteiger partial charge in [-0.1, -0.05) is 35.3 Å². The number of hydrogen-bond acceptors (Lipinski definition) is 3. The molecule has 2 rings (SSSR count). The van der Waals surface area contributed by atoms with Crippen LogP contribution in [0.1, 0.15) is 5.56 Å². The van der Waals surface area contributed by atoms with Crippen molar-refractivity contribution in [3.63, 3.8) is 0 Å². The van der Waals surface area contributed by atoms with Crippen molar-refractivity contribution in [1.82, 2.24) is 15.1 Å². The Morgan fingerprint density at radius 1 is 1.35 bits per heavy atom. The molecular formula is C14H19Cl2N3O. The molecule has 1 fully saturated rings. The Hall–Kier alpha value is -0.810. The van der Waals surface area contributed by atoms with Crippen LogP contribution in [0, 0.1) is 0 Å². The predicted octanol–water partition coefficient (Wildman–Crippen LogP) is 1.86. The Kier molecular flexibility index (Phi) is 5.66. The van der Waals surface area contributed by atoms with Crippen molar-refractivity contribution in [2.24, 2.45) is 0 Å². The van der Waals surface area contributed by atoms with E-state index in [0.717, 1.165) is 31.7 Å². The largest absolute Gasteiger partial charge is 0.340 e. The summed E-state index contributed by atoms with van der Waals surface area (Å²) in [7, 11) is 1.79. The van der Waals surface area contributed by atoms with Gasteiger partial charge in [0.1, 0.15) is 0 Å². The van der Waals surface area contributed by atoms with Crippen molar-refractivity contribution >= 4 is 29.1 Å². The maximum Gasteiger partial charge on any atom is 0.236 e. The summed E-state index contributed by atoms with van der Waals surface area (Å²) < 4.78 is 0. The van der Waals surface area contributed by atoms with Gasteiger partial charge >= 0.3 is 0 Å². The van der Waals surface area contributed by atoms with E-state index in [-0.39, 0.29) is 5.91 Å². The first-order valence-electron chi connectivity index (χ1n) is 6.68. The molecule has 0 bridgehead atoms. The van der Waals surface area contributed by atoms with Crippen molar-refractivity contribution < 1.29 is 4.79 Å². The minimum atomic E-state index is 0.0999. The number of piperazine rings is 1. The van der Waals surface area contributed by atoms with Gasteiger partial charge in [0.05, 0.1) is 16.6 Å². The van der Waals surface area contributed by atoms with Crippen molar-refractivity contribution in [2.75, 3.05) is 39.8 Å². The Bertz CT molecular complexity index is 475. The van der Waals surface area contributed by atoms with E-state index in [4.69, 9.17) is 23.2 Å². The highest BCUT2D eigenvalue weighted by Crippen LogP contribution is 2.26. The number of amides is 1. The zero-order chi connectivity index (χ0) is 14.5. The third-order valence-corrected chi connectivity index (χ3v) is 4.29. The normalized spacial score (nSPS) is 16.1.